The molecule has 21 heteroatoms. The molecule has 2 heterocycles. The highest BCUT2D eigenvalue weighted by atomic mass is 16.4. The third-order valence-corrected chi connectivity index (χ3v) is 10.7. The van der Waals surface area contributed by atoms with Gasteiger partial charge in [0.25, 0.3) is 0 Å². The molecular formula is C42H71N9O12. The normalized spacial score (nSPS) is 19.5. The first-order valence-corrected chi connectivity index (χ1v) is 22.0. The Morgan fingerprint density at radius 3 is 1.43 bits per heavy atom. The van der Waals surface area contributed by atoms with Crippen LogP contribution in [0, 0.1) is 17.8 Å². The zero-order chi connectivity index (χ0) is 47.7. The van der Waals surface area contributed by atoms with Gasteiger partial charge in [-0.05, 0) is 96.4 Å². The molecule has 356 valence electrons. The number of carbonyl (C=O) groups excluding carboxylic acids is 8. The maximum Gasteiger partial charge on any atom is 0.326 e. The predicted molar refractivity (Wildman–Crippen MR) is 229 cm³/mol. The number of rotatable bonds is 25. The first-order chi connectivity index (χ1) is 29.4. The van der Waals surface area contributed by atoms with Crippen LogP contribution in [0.15, 0.2) is 0 Å². The summed E-state index contributed by atoms with van der Waals surface area (Å²) in [7, 11) is 0. The molecule has 2 fully saturated rings. The van der Waals surface area contributed by atoms with Crippen molar-refractivity contribution < 1.29 is 58.2 Å². The van der Waals surface area contributed by atoms with Crippen LogP contribution in [-0.4, -0.2) is 142 Å². The van der Waals surface area contributed by atoms with Crippen molar-refractivity contribution in [2.75, 3.05) is 13.1 Å². The fourth-order valence-corrected chi connectivity index (χ4v) is 7.33. The minimum atomic E-state index is -1.48. The molecule has 9 atom stereocenters. The highest BCUT2D eigenvalue weighted by Gasteiger charge is 2.40. The number of amides is 8. The number of hydrogen-bond acceptors (Lipinski definition) is 11. The van der Waals surface area contributed by atoms with Crippen molar-refractivity contribution in [3.63, 3.8) is 0 Å². The molecule has 2 aliphatic heterocycles. The van der Waals surface area contributed by atoms with E-state index >= 15 is 0 Å². The standard InChI is InChI=1S/C42H71N9O12/c1-21(2)18-29(38(58)45-24(7)34(54)44-25(8)36(56)50-31(42(62)63)20-23(5)6)48-37(57)27(14-15-33(52)53)47-35(55)26(9)46-39(59)30(19-22(3)4)49-40(60)32-13-11-17-51(32)41(61)28-12-10-16-43-28/h21-32,43H,10-20H2,1-9H3,(H,44,54)(H,45,58)(H,46,59)(H,47,55)(H,48,57)(H,49,60)(H,50,56)(H,52,53)(H,62,63)/t24-,25-,26-,27-,28-,29-,30-,31-,32-/m0/s1. The van der Waals surface area contributed by atoms with Crippen molar-refractivity contribution >= 4 is 59.2 Å². The number of carboxylic acids is 2. The molecule has 0 spiro atoms. The van der Waals surface area contributed by atoms with E-state index in [4.69, 9.17) is 0 Å². The molecule has 0 aromatic carbocycles. The zero-order valence-electron chi connectivity index (χ0n) is 38.1. The van der Waals surface area contributed by atoms with Crippen molar-refractivity contribution in [1.29, 1.82) is 0 Å². The third-order valence-electron chi connectivity index (χ3n) is 10.7. The number of likely N-dealkylation sites (tertiary alicyclic amines) is 1. The Morgan fingerprint density at radius 2 is 0.968 bits per heavy atom. The lowest BCUT2D eigenvalue weighted by atomic mass is 10.0. The van der Waals surface area contributed by atoms with Crippen molar-refractivity contribution in [1.82, 2.24) is 47.4 Å². The van der Waals surface area contributed by atoms with Crippen LogP contribution in [-0.2, 0) is 47.9 Å². The number of carbonyl (C=O) groups is 10. The lowest BCUT2D eigenvalue weighted by Gasteiger charge is -2.29. The lowest BCUT2D eigenvalue weighted by Crippen LogP contribution is -2.59. The number of nitrogens with one attached hydrogen (secondary N) is 8. The van der Waals surface area contributed by atoms with E-state index in [9.17, 15) is 58.2 Å². The number of carboxylic acid groups (broad SMARTS) is 2. The lowest BCUT2D eigenvalue weighted by molar-refractivity contribution is -0.142. The van der Waals surface area contributed by atoms with Crippen molar-refractivity contribution in [3.8, 4) is 0 Å². The third kappa shape index (κ3) is 18.1. The van der Waals surface area contributed by atoms with Crippen LogP contribution >= 0.6 is 0 Å². The van der Waals surface area contributed by atoms with E-state index in [2.05, 4.69) is 42.5 Å². The Balaban J connectivity index is 2.12. The molecule has 2 rings (SSSR count). The summed E-state index contributed by atoms with van der Waals surface area (Å²) in [6, 6.07) is -9.76. The fourth-order valence-electron chi connectivity index (χ4n) is 7.33. The van der Waals surface area contributed by atoms with Crippen LogP contribution in [0.2, 0.25) is 0 Å². The predicted octanol–water partition coefficient (Wildman–Crippen LogP) is -0.730. The van der Waals surface area contributed by atoms with Crippen LogP contribution in [0.1, 0.15) is 120 Å². The summed E-state index contributed by atoms with van der Waals surface area (Å²) in [5.41, 5.74) is 0. The Bertz CT molecular complexity index is 1650. The summed E-state index contributed by atoms with van der Waals surface area (Å²) in [6.45, 7) is 16.0. The van der Waals surface area contributed by atoms with Crippen molar-refractivity contribution in [2.24, 2.45) is 17.8 Å². The zero-order valence-corrected chi connectivity index (χ0v) is 38.1. The average molecular weight is 894 g/mol. The van der Waals surface area contributed by atoms with Gasteiger partial charge in [-0.1, -0.05) is 41.5 Å². The minimum Gasteiger partial charge on any atom is -0.481 e. The van der Waals surface area contributed by atoms with Crippen LogP contribution in [0.4, 0.5) is 0 Å². The number of aliphatic carboxylic acids is 2. The van der Waals surface area contributed by atoms with Crippen LogP contribution in [0.25, 0.3) is 0 Å². The topological polar surface area (TPSA) is 311 Å². The molecular weight excluding hydrogens is 823 g/mol. The van der Waals surface area contributed by atoms with E-state index < -0.39 is 108 Å². The minimum absolute atomic E-state index is 0.0338. The van der Waals surface area contributed by atoms with Gasteiger partial charge in [-0.15, -0.1) is 0 Å². The van der Waals surface area contributed by atoms with Gasteiger partial charge in [-0.3, -0.25) is 43.2 Å². The van der Waals surface area contributed by atoms with Gasteiger partial charge >= 0.3 is 11.9 Å². The van der Waals surface area contributed by atoms with Gasteiger partial charge in [-0.2, -0.15) is 0 Å². The van der Waals surface area contributed by atoms with Crippen LogP contribution in [0.3, 0.4) is 0 Å². The summed E-state index contributed by atoms with van der Waals surface area (Å²) in [6.07, 6.45) is 2.10. The highest BCUT2D eigenvalue weighted by molar-refractivity contribution is 5.98. The molecule has 2 saturated heterocycles. The van der Waals surface area contributed by atoms with E-state index in [0.717, 1.165) is 13.0 Å². The molecule has 0 bridgehead atoms. The maximum absolute atomic E-state index is 13.7. The summed E-state index contributed by atoms with van der Waals surface area (Å²) >= 11 is 0. The van der Waals surface area contributed by atoms with Crippen molar-refractivity contribution in [3.05, 3.63) is 0 Å². The Hall–Kier alpha value is -5.34. The SMILES string of the molecule is CC(C)C[C@H](NC(=O)[C@H](C)NC(=O)[C@H](C)NC(=O)[C@H](CC(C)C)NC(=O)[C@H](CCC(=O)O)NC(=O)[C@H](C)NC(=O)[C@H](CC(C)C)NC(=O)[C@@H]1CCCN1C(=O)[C@@H]1CCCN1)C(=O)O. The maximum atomic E-state index is 13.7. The van der Waals surface area contributed by atoms with E-state index in [0.29, 0.717) is 25.8 Å². The molecule has 10 N–H and O–H groups in total. The van der Waals surface area contributed by atoms with Crippen LogP contribution < -0.4 is 42.5 Å². The monoisotopic (exact) mass is 894 g/mol. The molecule has 8 amide bonds. The van der Waals surface area contributed by atoms with Gasteiger partial charge in [0.1, 0.15) is 48.3 Å². The van der Waals surface area contributed by atoms with Crippen LogP contribution in [0.5, 0.6) is 0 Å². The second-order valence-electron chi connectivity index (χ2n) is 17.9. The molecule has 0 radical (unpaired) electrons. The molecule has 2 aliphatic rings. The van der Waals surface area contributed by atoms with E-state index in [-0.39, 0.29) is 55.4 Å². The van der Waals surface area contributed by atoms with Gasteiger partial charge in [0, 0.05) is 13.0 Å². The molecule has 0 saturated carbocycles. The fraction of sp³-hybridized carbons (Fsp3) is 0.762. The van der Waals surface area contributed by atoms with E-state index in [1.54, 1.807) is 32.6 Å². The molecule has 63 heavy (non-hydrogen) atoms. The van der Waals surface area contributed by atoms with E-state index in [1.165, 1.54) is 20.8 Å². The average Bonchev–Trinajstić information content (AvgIpc) is 3.91. The summed E-state index contributed by atoms with van der Waals surface area (Å²) in [5.74, 6) is -8.16. The second kappa shape index (κ2) is 25.7. The molecule has 0 aromatic rings. The quantitative estimate of drug-likeness (QED) is 0.0542. The second-order valence-corrected chi connectivity index (χ2v) is 17.9. The molecule has 0 unspecified atom stereocenters. The number of hydrogen-bond donors (Lipinski definition) is 10. The highest BCUT2D eigenvalue weighted by Crippen LogP contribution is 2.21. The van der Waals surface area contributed by atoms with Gasteiger partial charge in [0.15, 0.2) is 0 Å². The first kappa shape index (κ1) is 53.8. The Morgan fingerprint density at radius 1 is 0.540 bits per heavy atom. The molecule has 21 nitrogen and oxygen atoms in total. The van der Waals surface area contributed by atoms with Crippen molar-refractivity contribution in [2.45, 2.75) is 174 Å². The van der Waals surface area contributed by atoms with Gasteiger partial charge in [0.2, 0.25) is 47.3 Å². The number of nitrogens with zero attached hydrogens (tertiary/aromatic N) is 1. The molecule has 0 aromatic heterocycles. The summed E-state index contributed by atoms with van der Waals surface area (Å²) in [5, 5.41) is 39.7. The Kier molecular flexibility index (Phi) is 21.9. The van der Waals surface area contributed by atoms with Gasteiger partial charge < -0.3 is 57.6 Å². The molecule has 0 aliphatic carbocycles. The van der Waals surface area contributed by atoms with E-state index in [1.807, 2.05) is 13.8 Å². The summed E-state index contributed by atoms with van der Waals surface area (Å²) in [4.78, 5) is 131. The summed E-state index contributed by atoms with van der Waals surface area (Å²) < 4.78 is 0. The first-order valence-electron chi connectivity index (χ1n) is 22.0. The Labute approximate surface area is 369 Å². The van der Waals surface area contributed by atoms with Gasteiger partial charge in [0.05, 0.1) is 6.04 Å². The smallest absolute Gasteiger partial charge is 0.326 e. The largest absolute Gasteiger partial charge is 0.481 e. The van der Waals surface area contributed by atoms with Gasteiger partial charge in [-0.25, -0.2) is 4.79 Å².